The van der Waals surface area contributed by atoms with E-state index in [-0.39, 0.29) is 17.7 Å². The predicted octanol–water partition coefficient (Wildman–Crippen LogP) is 2.75. The van der Waals surface area contributed by atoms with E-state index in [1.165, 1.54) is 12.5 Å². The lowest BCUT2D eigenvalue weighted by atomic mass is 10.1. The Bertz CT molecular complexity index is 875. The number of hydrogen-bond acceptors (Lipinski definition) is 4. The molecule has 2 aromatic carbocycles. The lowest BCUT2D eigenvalue weighted by Crippen LogP contribution is -2.50. The minimum Gasteiger partial charge on any atom is -0.340 e. The molecule has 1 saturated heterocycles. The highest BCUT2D eigenvalue weighted by Crippen LogP contribution is 2.14. The van der Waals surface area contributed by atoms with Crippen LogP contribution in [0.3, 0.4) is 0 Å². The van der Waals surface area contributed by atoms with Gasteiger partial charge in [-0.05, 0) is 42.7 Å². The van der Waals surface area contributed by atoms with E-state index in [0.29, 0.717) is 50.5 Å². The van der Waals surface area contributed by atoms with Gasteiger partial charge in [0.1, 0.15) is 0 Å². The van der Waals surface area contributed by atoms with E-state index in [1.54, 1.807) is 24.3 Å². The van der Waals surface area contributed by atoms with Crippen molar-refractivity contribution in [1.29, 1.82) is 0 Å². The summed E-state index contributed by atoms with van der Waals surface area (Å²) in [6.45, 7) is 4.45. The lowest BCUT2D eigenvalue weighted by Gasteiger charge is -2.34. The fourth-order valence-electron chi connectivity index (χ4n) is 3.65. The standard InChI is InChI=1S/C24H30N4O3/c1-19(29)25-21-10-12-22(13-11-21)26-23(30)18-27-14-16-28(17-15-27)24(31)9-5-8-20-6-3-2-4-7-20/h2-4,6-7,10-13H,5,8-9,14-18H2,1H3,(H,25,29)(H,26,30). The van der Waals surface area contributed by atoms with Crippen LogP contribution in [0.5, 0.6) is 0 Å². The van der Waals surface area contributed by atoms with E-state index >= 15 is 0 Å². The van der Waals surface area contributed by atoms with Crippen molar-refractivity contribution >= 4 is 29.1 Å². The molecule has 0 atom stereocenters. The van der Waals surface area contributed by atoms with Gasteiger partial charge < -0.3 is 15.5 Å². The Morgan fingerprint density at radius 1 is 0.839 bits per heavy atom. The topological polar surface area (TPSA) is 81.8 Å². The largest absolute Gasteiger partial charge is 0.340 e. The van der Waals surface area contributed by atoms with Crippen LogP contribution >= 0.6 is 0 Å². The molecule has 7 heteroatoms. The molecule has 0 saturated carbocycles. The third kappa shape index (κ3) is 7.53. The number of nitrogens with zero attached hydrogens (tertiary/aromatic N) is 2. The second kappa shape index (κ2) is 11.3. The van der Waals surface area contributed by atoms with Gasteiger partial charge in [-0.15, -0.1) is 0 Å². The van der Waals surface area contributed by atoms with E-state index in [4.69, 9.17) is 0 Å². The molecule has 0 radical (unpaired) electrons. The molecule has 2 aromatic rings. The average molecular weight is 423 g/mol. The quantitative estimate of drug-likeness (QED) is 0.685. The van der Waals surface area contributed by atoms with Crippen molar-refractivity contribution in [3.05, 3.63) is 60.2 Å². The number of anilines is 2. The molecule has 0 unspecified atom stereocenters. The molecule has 1 heterocycles. The van der Waals surface area contributed by atoms with Crippen molar-refractivity contribution in [3.8, 4) is 0 Å². The van der Waals surface area contributed by atoms with Gasteiger partial charge in [0.2, 0.25) is 17.7 Å². The number of piperazine rings is 1. The molecule has 1 aliphatic rings. The first-order valence-electron chi connectivity index (χ1n) is 10.7. The summed E-state index contributed by atoms with van der Waals surface area (Å²) in [6.07, 6.45) is 2.33. The summed E-state index contributed by atoms with van der Waals surface area (Å²) in [5.41, 5.74) is 2.64. The van der Waals surface area contributed by atoms with Gasteiger partial charge in [0, 0.05) is 50.9 Å². The molecule has 2 N–H and O–H groups in total. The van der Waals surface area contributed by atoms with Gasteiger partial charge in [0.25, 0.3) is 0 Å². The normalized spacial score (nSPS) is 14.2. The molecule has 1 aliphatic heterocycles. The zero-order valence-electron chi connectivity index (χ0n) is 18.0. The Balaban J connectivity index is 1.35. The minimum absolute atomic E-state index is 0.0880. The van der Waals surface area contributed by atoms with E-state index in [2.05, 4.69) is 27.7 Å². The highest BCUT2D eigenvalue weighted by atomic mass is 16.2. The van der Waals surface area contributed by atoms with Gasteiger partial charge in [0.05, 0.1) is 6.54 Å². The van der Waals surface area contributed by atoms with Gasteiger partial charge >= 0.3 is 0 Å². The van der Waals surface area contributed by atoms with Crippen LogP contribution in [0, 0.1) is 0 Å². The van der Waals surface area contributed by atoms with Crippen molar-refractivity contribution in [2.45, 2.75) is 26.2 Å². The summed E-state index contributed by atoms with van der Waals surface area (Å²) >= 11 is 0. The molecule has 0 aromatic heterocycles. The smallest absolute Gasteiger partial charge is 0.238 e. The van der Waals surface area contributed by atoms with Crippen molar-refractivity contribution in [2.24, 2.45) is 0 Å². The fraction of sp³-hybridized carbons (Fsp3) is 0.375. The number of benzene rings is 2. The Kier molecular flexibility index (Phi) is 8.18. The van der Waals surface area contributed by atoms with Crippen LogP contribution in [0.1, 0.15) is 25.3 Å². The molecular formula is C24H30N4O3. The van der Waals surface area contributed by atoms with Gasteiger partial charge in [-0.2, -0.15) is 0 Å². The Morgan fingerprint density at radius 3 is 2.06 bits per heavy atom. The molecule has 0 aliphatic carbocycles. The maximum absolute atomic E-state index is 12.5. The first kappa shape index (κ1) is 22.5. The number of rotatable bonds is 8. The summed E-state index contributed by atoms with van der Waals surface area (Å²) < 4.78 is 0. The van der Waals surface area contributed by atoms with Gasteiger partial charge in [-0.1, -0.05) is 30.3 Å². The van der Waals surface area contributed by atoms with E-state index in [9.17, 15) is 14.4 Å². The molecule has 0 bridgehead atoms. The second-order valence-electron chi connectivity index (χ2n) is 7.80. The zero-order chi connectivity index (χ0) is 22.1. The first-order chi connectivity index (χ1) is 15.0. The highest BCUT2D eigenvalue weighted by Gasteiger charge is 2.22. The van der Waals surface area contributed by atoms with Crippen LogP contribution in [0.15, 0.2) is 54.6 Å². The summed E-state index contributed by atoms with van der Waals surface area (Å²) in [4.78, 5) is 39.8. The third-order valence-electron chi connectivity index (χ3n) is 5.28. The third-order valence-corrected chi connectivity index (χ3v) is 5.28. The highest BCUT2D eigenvalue weighted by molar-refractivity contribution is 5.93. The SMILES string of the molecule is CC(=O)Nc1ccc(NC(=O)CN2CCN(C(=O)CCCc3ccccc3)CC2)cc1. The first-order valence-corrected chi connectivity index (χ1v) is 10.7. The van der Waals surface area contributed by atoms with Crippen LogP contribution in [0.4, 0.5) is 11.4 Å². The molecular weight excluding hydrogens is 392 g/mol. The number of aryl methyl sites for hydroxylation is 1. The summed E-state index contributed by atoms with van der Waals surface area (Å²) in [6, 6.07) is 17.2. The molecule has 3 rings (SSSR count). The average Bonchev–Trinajstić information content (AvgIpc) is 2.76. The lowest BCUT2D eigenvalue weighted by molar-refractivity contribution is -0.133. The van der Waals surface area contributed by atoms with Crippen LogP contribution in [0.2, 0.25) is 0 Å². The van der Waals surface area contributed by atoms with Crippen LogP contribution in [0.25, 0.3) is 0 Å². The van der Waals surface area contributed by atoms with Crippen LogP contribution in [-0.4, -0.2) is 60.2 Å². The molecule has 0 spiro atoms. The van der Waals surface area contributed by atoms with E-state index in [0.717, 1.165) is 12.8 Å². The Labute approximate surface area is 183 Å². The van der Waals surface area contributed by atoms with Crippen LogP contribution < -0.4 is 10.6 Å². The summed E-state index contributed by atoms with van der Waals surface area (Å²) in [5, 5.41) is 5.57. The monoisotopic (exact) mass is 422 g/mol. The second-order valence-corrected chi connectivity index (χ2v) is 7.80. The van der Waals surface area contributed by atoms with E-state index < -0.39 is 0 Å². The minimum atomic E-state index is -0.134. The van der Waals surface area contributed by atoms with E-state index in [1.807, 2.05) is 23.1 Å². The molecule has 31 heavy (non-hydrogen) atoms. The molecule has 7 nitrogen and oxygen atoms in total. The Hall–Kier alpha value is -3.19. The maximum Gasteiger partial charge on any atom is 0.238 e. The predicted molar refractivity (Wildman–Crippen MR) is 122 cm³/mol. The zero-order valence-corrected chi connectivity index (χ0v) is 18.0. The van der Waals surface area contributed by atoms with Gasteiger partial charge in [0.15, 0.2) is 0 Å². The van der Waals surface area contributed by atoms with Crippen molar-refractivity contribution in [1.82, 2.24) is 9.80 Å². The molecule has 1 fully saturated rings. The molecule has 3 amide bonds. The number of nitrogens with one attached hydrogen (secondary N) is 2. The molecule has 164 valence electrons. The van der Waals surface area contributed by atoms with Gasteiger partial charge in [-0.3, -0.25) is 19.3 Å². The summed E-state index contributed by atoms with van der Waals surface area (Å²) in [5.74, 6) is -0.0280. The van der Waals surface area contributed by atoms with Crippen molar-refractivity contribution in [2.75, 3.05) is 43.4 Å². The number of carbonyl (C=O) groups is 3. The van der Waals surface area contributed by atoms with Crippen molar-refractivity contribution in [3.63, 3.8) is 0 Å². The van der Waals surface area contributed by atoms with Crippen molar-refractivity contribution < 1.29 is 14.4 Å². The maximum atomic E-state index is 12.5. The summed E-state index contributed by atoms with van der Waals surface area (Å²) in [7, 11) is 0. The van der Waals surface area contributed by atoms with Gasteiger partial charge in [-0.25, -0.2) is 0 Å². The Morgan fingerprint density at radius 2 is 1.45 bits per heavy atom. The number of carbonyl (C=O) groups excluding carboxylic acids is 3. The fourth-order valence-corrected chi connectivity index (χ4v) is 3.65. The van der Waals surface area contributed by atoms with Crippen LogP contribution in [-0.2, 0) is 20.8 Å². The number of hydrogen-bond donors (Lipinski definition) is 2. The number of amides is 3.